The largest absolute Gasteiger partial charge is 0.437 e. The normalized spacial score (nSPS) is 10.6. The number of ether oxygens (including phenoxy) is 1. The van der Waals surface area contributed by atoms with E-state index in [4.69, 9.17) is 16.3 Å². The van der Waals surface area contributed by atoms with Crippen LogP contribution in [0.5, 0.6) is 11.6 Å². The summed E-state index contributed by atoms with van der Waals surface area (Å²) >= 11 is 9.37. The van der Waals surface area contributed by atoms with Gasteiger partial charge in [-0.05, 0) is 40.2 Å². The van der Waals surface area contributed by atoms with Crippen molar-refractivity contribution in [3.05, 3.63) is 58.3 Å². The molecule has 3 aromatic rings. The van der Waals surface area contributed by atoms with Gasteiger partial charge in [0.1, 0.15) is 10.8 Å². The Morgan fingerprint density at radius 1 is 1.11 bits per heavy atom. The number of pyridine rings is 2. The average Bonchev–Trinajstić information content (AvgIpc) is 2.42. The number of halogens is 2. The highest BCUT2D eigenvalue weighted by Crippen LogP contribution is 2.30. The maximum atomic E-state index is 6.06. The van der Waals surface area contributed by atoms with Gasteiger partial charge in [-0.3, -0.25) is 4.98 Å². The molecule has 0 bridgehead atoms. The molecule has 94 valence electrons. The van der Waals surface area contributed by atoms with Crippen LogP contribution in [0, 0.1) is 0 Å². The quantitative estimate of drug-likeness (QED) is 0.672. The van der Waals surface area contributed by atoms with E-state index in [0.29, 0.717) is 16.7 Å². The van der Waals surface area contributed by atoms with E-state index in [2.05, 4.69) is 25.9 Å². The van der Waals surface area contributed by atoms with Crippen molar-refractivity contribution >= 4 is 38.4 Å². The zero-order valence-electron chi connectivity index (χ0n) is 9.68. The summed E-state index contributed by atoms with van der Waals surface area (Å²) in [6, 6.07) is 11.3. The maximum Gasteiger partial charge on any atom is 0.238 e. The topological polar surface area (TPSA) is 35.0 Å². The fourth-order valence-corrected chi connectivity index (χ4v) is 2.37. The molecule has 19 heavy (non-hydrogen) atoms. The molecule has 0 aliphatic carbocycles. The third-order valence-electron chi connectivity index (χ3n) is 2.57. The van der Waals surface area contributed by atoms with Crippen molar-refractivity contribution in [1.82, 2.24) is 9.97 Å². The van der Waals surface area contributed by atoms with E-state index < -0.39 is 0 Å². The third-order valence-corrected chi connectivity index (χ3v) is 3.27. The first-order valence-electron chi connectivity index (χ1n) is 5.56. The van der Waals surface area contributed by atoms with Crippen LogP contribution in [0.25, 0.3) is 10.9 Å². The van der Waals surface area contributed by atoms with E-state index in [1.54, 1.807) is 18.5 Å². The Labute approximate surface area is 123 Å². The number of rotatable bonds is 2. The predicted octanol–water partition coefficient (Wildman–Crippen LogP) is 4.84. The van der Waals surface area contributed by atoms with Crippen LogP contribution in [-0.4, -0.2) is 9.97 Å². The minimum atomic E-state index is 0.375. The van der Waals surface area contributed by atoms with Crippen LogP contribution in [0.15, 0.2) is 53.3 Å². The molecular weight excluding hydrogens is 328 g/mol. The Kier molecular flexibility index (Phi) is 3.36. The van der Waals surface area contributed by atoms with Gasteiger partial charge < -0.3 is 4.74 Å². The van der Waals surface area contributed by atoms with E-state index in [-0.39, 0.29) is 0 Å². The Morgan fingerprint density at radius 3 is 2.84 bits per heavy atom. The fraction of sp³-hybridized carbons (Fsp3) is 0. The van der Waals surface area contributed by atoms with Crippen LogP contribution in [-0.2, 0) is 0 Å². The average molecular weight is 336 g/mol. The second-order valence-corrected chi connectivity index (χ2v) is 5.22. The minimum Gasteiger partial charge on any atom is -0.437 e. The molecule has 5 heteroatoms. The SMILES string of the molecule is Clc1cc(Br)cnc1Oc1ccc2cccnc2c1. The van der Waals surface area contributed by atoms with Crippen LogP contribution in [0.4, 0.5) is 0 Å². The van der Waals surface area contributed by atoms with Crippen LogP contribution in [0.2, 0.25) is 5.02 Å². The molecule has 2 heterocycles. The summed E-state index contributed by atoms with van der Waals surface area (Å²) < 4.78 is 6.48. The molecule has 3 rings (SSSR count). The molecule has 0 saturated heterocycles. The summed E-state index contributed by atoms with van der Waals surface area (Å²) in [6.45, 7) is 0. The summed E-state index contributed by atoms with van der Waals surface area (Å²) in [7, 11) is 0. The molecule has 0 saturated carbocycles. The highest BCUT2D eigenvalue weighted by atomic mass is 79.9. The molecule has 0 radical (unpaired) electrons. The molecule has 1 aromatic carbocycles. The fourth-order valence-electron chi connectivity index (χ4n) is 1.70. The summed E-state index contributed by atoms with van der Waals surface area (Å²) in [5.41, 5.74) is 0.869. The van der Waals surface area contributed by atoms with Crippen LogP contribution < -0.4 is 4.74 Å². The zero-order valence-corrected chi connectivity index (χ0v) is 12.0. The van der Waals surface area contributed by atoms with Gasteiger partial charge in [0, 0.05) is 28.3 Å². The van der Waals surface area contributed by atoms with Gasteiger partial charge >= 0.3 is 0 Å². The van der Waals surface area contributed by atoms with E-state index in [0.717, 1.165) is 15.4 Å². The van der Waals surface area contributed by atoms with Crippen LogP contribution in [0.3, 0.4) is 0 Å². The van der Waals surface area contributed by atoms with Crippen molar-refractivity contribution in [2.75, 3.05) is 0 Å². The molecule has 0 spiro atoms. The van der Waals surface area contributed by atoms with Gasteiger partial charge in [0.15, 0.2) is 0 Å². The number of benzene rings is 1. The van der Waals surface area contributed by atoms with Gasteiger partial charge in [-0.15, -0.1) is 0 Å². The van der Waals surface area contributed by atoms with Crippen molar-refractivity contribution < 1.29 is 4.74 Å². The number of hydrogen-bond donors (Lipinski definition) is 0. The molecule has 3 nitrogen and oxygen atoms in total. The number of fused-ring (bicyclic) bond motifs is 1. The van der Waals surface area contributed by atoms with E-state index in [1.165, 1.54) is 0 Å². The zero-order chi connectivity index (χ0) is 13.2. The highest BCUT2D eigenvalue weighted by molar-refractivity contribution is 9.10. The van der Waals surface area contributed by atoms with E-state index in [1.807, 2.05) is 30.3 Å². The lowest BCUT2D eigenvalue weighted by Gasteiger charge is -2.07. The maximum absolute atomic E-state index is 6.06. The second kappa shape index (κ2) is 5.15. The molecule has 0 fully saturated rings. The smallest absolute Gasteiger partial charge is 0.238 e. The van der Waals surface area contributed by atoms with Gasteiger partial charge in [-0.2, -0.15) is 0 Å². The molecule has 0 N–H and O–H groups in total. The number of aromatic nitrogens is 2. The Hall–Kier alpha value is -1.65. The van der Waals surface area contributed by atoms with Crippen molar-refractivity contribution in [2.24, 2.45) is 0 Å². The molecule has 0 amide bonds. The first-order valence-corrected chi connectivity index (χ1v) is 6.73. The van der Waals surface area contributed by atoms with Gasteiger partial charge in [-0.1, -0.05) is 17.7 Å². The summed E-state index contributed by atoms with van der Waals surface area (Å²) in [5.74, 6) is 1.03. The van der Waals surface area contributed by atoms with Crippen molar-refractivity contribution in [3.63, 3.8) is 0 Å². The van der Waals surface area contributed by atoms with E-state index >= 15 is 0 Å². The molecule has 2 aromatic heterocycles. The standard InChI is InChI=1S/C14H8BrClN2O/c15-10-6-12(16)14(18-8-10)19-11-4-3-9-2-1-5-17-13(9)7-11/h1-8H. The summed E-state index contributed by atoms with van der Waals surface area (Å²) in [4.78, 5) is 8.41. The molecule has 0 aliphatic heterocycles. The van der Waals surface area contributed by atoms with E-state index in [9.17, 15) is 0 Å². The number of nitrogens with zero attached hydrogens (tertiary/aromatic N) is 2. The third kappa shape index (κ3) is 2.69. The van der Waals surface area contributed by atoms with Crippen molar-refractivity contribution in [3.8, 4) is 11.6 Å². The lowest BCUT2D eigenvalue weighted by molar-refractivity contribution is 0.463. The minimum absolute atomic E-state index is 0.375. The lowest BCUT2D eigenvalue weighted by Crippen LogP contribution is -1.89. The second-order valence-electron chi connectivity index (χ2n) is 3.90. The molecule has 0 aliphatic rings. The van der Waals surface area contributed by atoms with Crippen LogP contribution >= 0.6 is 27.5 Å². The van der Waals surface area contributed by atoms with Gasteiger partial charge in [0.2, 0.25) is 5.88 Å². The number of hydrogen-bond acceptors (Lipinski definition) is 3. The van der Waals surface area contributed by atoms with Gasteiger partial charge in [0.25, 0.3) is 0 Å². The van der Waals surface area contributed by atoms with Gasteiger partial charge in [0.05, 0.1) is 5.52 Å². The van der Waals surface area contributed by atoms with Gasteiger partial charge in [-0.25, -0.2) is 4.98 Å². The molecule has 0 unspecified atom stereocenters. The predicted molar refractivity (Wildman–Crippen MR) is 78.8 cm³/mol. The Balaban J connectivity index is 1.96. The Bertz CT molecular complexity index is 748. The highest BCUT2D eigenvalue weighted by Gasteiger charge is 2.06. The summed E-state index contributed by atoms with van der Waals surface area (Å²) in [6.07, 6.45) is 3.39. The van der Waals surface area contributed by atoms with Crippen LogP contribution in [0.1, 0.15) is 0 Å². The Morgan fingerprint density at radius 2 is 2.00 bits per heavy atom. The molecule has 0 atom stereocenters. The molecular formula is C14H8BrClN2O. The first-order chi connectivity index (χ1) is 9.22. The first kappa shape index (κ1) is 12.4. The monoisotopic (exact) mass is 334 g/mol. The lowest BCUT2D eigenvalue weighted by atomic mass is 10.2. The van der Waals surface area contributed by atoms with Crippen molar-refractivity contribution in [1.29, 1.82) is 0 Å². The summed E-state index contributed by atoms with van der Waals surface area (Å²) in [5, 5.41) is 1.51. The van der Waals surface area contributed by atoms with Crippen molar-refractivity contribution in [2.45, 2.75) is 0 Å².